The van der Waals surface area contributed by atoms with Crippen LogP contribution in [0.15, 0.2) is 82.2 Å². The van der Waals surface area contributed by atoms with Gasteiger partial charge in [0.15, 0.2) is 0 Å². The van der Waals surface area contributed by atoms with Crippen LogP contribution in [0.3, 0.4) is 0 Å². The van der Waals surface area contributed by atoms with Gasteiger partial charge in [-0.3, -0.25) is 4.72 Å². The first kappa shape index (κ1) is 20.4. The first-order valence-electron chi connectivity index (χ1n) is 9.24. The summed E-state index contributed by atoms with van der Waals surface area (Å²) in [6, 6.07) is 20.2. The summed E-state index contributed by atoms with van der Waals surface area (Å²) in [4.78, 5) is 4.55. The Labute approximate surface area is 179 Å². The van der Waals surface area contributed by atoms with Crippen molar-refractivity contribution in [3.05, 3.63) is 72.8 Å². The molecule has 3 aromatic carbocycles. The molecule has 0 unspecified atom stereocenters. The van der Waals surface area contributed by atoms with Crippen LogP contribution in [0.5, 0.6) is 11.5 Å². The van der Waals surface area contributed by atoms with E-state index in [1.807, 2.05) is 24.3 Å². The number of para-hydroxylation sites is 1. The first-order valence-corrected chi connectivity index (χ1v) is 10.7. The maximum atomic E-state index is 12.6. The van der Waals surface area contributed by atoms with Crippen molar-refractivity contribution in [2.45, 2.75) is 4.90 Å². The number of nitrogens with one attached hydrogen (secondary N) is 1. The molecule has 0 aliphatic carbocycles. The molecule has 9 heteroatoms. The van der Waals surface area contributed by atoms with Gasteiger partial charge in [-0.2, -0.15) is 4.98 Å². The van der Waals surface area contributed by atoms with E-state index < -0.39 is 10.0 Å². The van der Waals surface area contributed by atoms with Gasteiger partial charge in [0, 0.05) is 11.3 Å². The zero-order valence-electron chi connectivity index (χ0n) is 16.8. The molecule has 0 bridgehead atoms. The number of hydrogen-bond donors (Lipinski definition) is 1. The minimum Gasteiger partial charge on any atom is -0.497 e. The van der Waals surface area contributed by atoms with Gasteiger partial charge in [0.05, 0.1) is 24.7 Å². The van der Waals surface area contributed by atoms with E-state index in [0.717, 1.165) is 0 Å². The summed E-state index contributed by atoms with van der Waals surface area (Å²) < 4.78 is 43.4. The highest BCUT2D eigenvalue weighted by Gasteiger charge is 2.16. The molecule has 4 rings (SSSR count). The Kier molecular flexibility index (Phi) is 5.59. The van der Waals surface area contributed by atoms with Gasteiger partial charge >= 0.3 is 0 Å². The molecule has 0 radical (unpaired) electrons. The smallest absolute Gasteiger partial charge is 0.261 e. The Morgan fingerprint density at radius 3 is 2.26 bits per heavy atom. The van der Waals surface area contributed by atoms with Crippen LogP contribution in [0.2, 0.25) is 0 Å². The number of sulfonamides is 1. The van der Waals surface area contributed by atoms with Crippen LogP contribution in [0.4, 0.5) is 5.69 Å². The number of hydrogen-bond acceptors (Lipinski definition) is 7. The lowest BCUT2D eigenvalue weighted by Gasteiger charge is -2.09. The van der Waals surface area contributed by atoms with Crippen molar-refractivity contribution in [3.63, 3.8) is 0 Å². The lowest BCUT2D eigenvalue weighted by Crippen LogP contribution is -2.12. The highest BCUT2D eigenvalue weighted by molar-refractivity contribution is 7.92. The molecule has 8 nitrogen and oxygen atoms in total. The van der Waals surface area contributed by atoms with Crippen LogP contribution in [-0.2, 0) is 10.0 Å². The van der Waals surface area contributed by atoms with Gasteiger partial charge in [-0.15, -0.1) is 0 Å². The van der Waals surface area contributed by atoms with Gasteiger partial charge in [-0.25, -0.2) is 8.42 Å². The van der Waals surface area contributed by atoms with Crippen molar-refractivity contribution < 1.29 is 22.4 Å². The van der Waals surface area contributed by atoms with E-state index in [1.54, 1.807) is 43.5 Å². The van der Waals surface area contributed by atoms with Crippen molar-refractivity contribution in [2.24, 2.45) is 0 Å². The van der Waals surface area contributed by atoms with Crippen molar-refractivity contribution in [1.82, 2.24) is 10.1 Å². The third kappa shape index (κ3) is 4.36. The second-order valence-corrected chi connectivity index (χ2v) is 8.16. The first-order chi connectivity index (χ1) is 15.0. The fourth-order valence-corrected chi connectivity index (χ4v) is 3.99. The maximum absolute atomic E-state index is 12.6. The molecule has 4 aromatic rings. The van der Waals surface area contributed by atoms with Crippen LogP contribution in [0, 0.1) is 0 Å². The average Bonchev–Trinajstić information content (AvgIpc) is 3.29. The molecule has 0 fully saturated rings. The van der Waals surface area contributed by atoms with Gasteiger partial charge in [-0.05, 0) is 60.7 Å². The van der Waals surface area contributed by atoms with E-state index in [0.29, 0.717) is 40.0 Å². The van der Waals surface area contributed by atoms with Crippen LogP contribution in [0.1, 0.15) is 0 Å². The number of benzene rings is 3. The number of nitrogens with zero attached hydrogens (tertiary/aromatic N) is 2. The molecular formula is C22H19N3O5S. The van der Waals surface area contributed by atoms with Gasteiger partial charge in [0.1, 0.15) is 11.5 Å². The van der Waals surface area contributed by atoms with Gasteiger partial charge in [0.2, 0.25) is 5.82 Å². The Morgan fingerprint density at radius 2 is 1.58 bits per heavy atom. The second kappa shape index (κ2) is 8.49. The fourth-order valence-electron chi connectivity index (χ4n) is 2.93. The van der Waals surface area contributed by atoms with Crippen LogP contribution < -0.4 is 14.2 Å². The van der Waals surface area contributed by atoms with Crippen LogP contribution in [-0.4, -0.2) is 32.8 Å². The van der Waals surface area contributed by atoms with E-state index in [9.17, 15) is 8.42 Å². The quantitative estimate of drug-likeness (QED) is 0.462. The highest BCUT2D eigenvalue weighted by Crippen LogP contribution is 2.29. The average molecular weight is 437 g/mol. The van der Waals surface area contributed by atoms with Crippen molar-refractivity contribution in [3.8, 4) is 34.3 Å². The van der Waals surface area contributed by atoms with E-state index in [2.05, 4.69) is 14.9 Å². The Morgan fingerprint density at radius 1 is 0.871 bits per heavy atom. The Balaban J connectivity index is 1.53. The van der Waals surface area contributed by atoms with Gasteiger partial charge in [0.25, 0.3) is 15.9 Å². The predicted octanol–water partition coefficient (Wildman–Crippen LogP) is 4.22. The number of methoxy groups -OCH3 is 2. The van der Waals surface area contributed by atoms with E-state index in [4.69, 9.17) is 14.0 Å². The normalized spacial score (nSPS) is 11.2. The monoisotopic (exact) mass is 437 g/mol. The van der Waals surface area contributed by atoms with Gasteiger partial charge < -0.3 is 14.0 Å². The lowest BCUT2D eigenvalue weighted by atomic mass is 10.2. The summed E-state index contributed by atoms with van der Waals surface area (Å²) >= 11 is 0. The summed E-state index contributed by atoms with van der Waals surface area (Å²) in [5.74, 6) is 1.93. The van der Waals surface area contributed by atoms with Crippen molar-refractivity contribution in [1.29, 1.82) is 0 Å². The molecular weight excluding hydrogens is 418 g/mol. The third-order valence-corrected chi connectivity index (χ3v) is 5.92. The molecule has 31 heavy (non-hydrogen) atoms. The summed E-state index contributed by atoms with van der Waals surface area (Å²) in [7, 11) is -0.631. The summed E-state index contributed by atoms with van der Waals surface area (Å²) in [5, 5.41) is 4.02. The molecule has 0 aliphatic rings. The zero-order chi connectivity index (χ0) is 21.8. The zero-order valence-corrected chi connectivity index (χ0v) is 17.6. The Hall–Kier alpha value is -3.85. The number of ether oxygens (including phenoxy) is 2. The fraction of sp³-hybridized carbons (Fsp3) is 0.0909. The molecule has 1 heterocycles. The molecule has 0 aliphatic heterocycles. The third-order valence-electron chi connectivity index (χ3n) is 4.53. The van der Waals surface area contributed by atoms with E-state index in [-0.39, 0.29) is 4.90 Å². The lowest BCUT2D eigenvalue weighted by molar-refractivity contribution is 0.413. The largest absolute Gasteiger partial charge is 0.497 e. The topological polar surface area (TPSA) is 104 Å². The molecule has 0 amide bonds. The van der Waals surface area contributed by atoms with Crippen molar-refractivity contribution in [2.75, 3.05) is 18.9 Å². The summed E-state index contributed by atoms with van der Waals surface area (Å²) in [6.45, 7) is 0. The number of anilines is 1. The molecule has 158 valence electrons. The number of aromatic nitrogens is 2. The van der Waals surface area contributed by atoms with E-state index in [1.165, 1.54) is 19.2 Å². The van der Waals surface area contributed by atoms with E-state index >= 15 is 0 Å². The van der Waals surface area contributed by atoms with Crippen LogP contribution in [0.25, 0.3) is 22.8 Å². The predicted molar refractivity (Wildman–Crippen MR) is 116 cm³/mol. The van der Waals surface area contributed by atoms with Crippen LogP contribution >= 0.6 is 0 Å². The summed E-state index contributed by atoms with van der Waals surface area (Å²) in [6.07, 6.45) is 0. The molecule has 0 saturated carbocycles. The molecule has 0 atom stereocenters. The molecule has 1 N–H and O–H groups in total. The minimum absolute atomic E-state index is 0.135. The highest BCUT2D eigenvalue weighted by atomic mass is 32.2. The maximum Gasteiger partial charge on any atom is 0.261 e. The minimum atomic E-state index is -3.73. The van der Waals surface area contributed by atoms with Gasteiger partial charge in [-0.1, -0.05) is 17.3 Å². The molecule has 0 saturated heterocycles. The Bertz CT molecular complexity index is 1280. The SMILES string of the molecule is COc1ccc(S(=O)(=O)Nc2ccc(-c3nc(-c4ccccc4OC)no3)cc2)cc1. The molecule has 0 spiro atoms. The second-order valence-electron chi connectivity index (χ2n) is 6.48. The standard InChI is InChI=1S/C22H19N3O5S/c1-28-17-11-13-18(14-12-17)31(26,27)25-16-9-7-15(8-10-16)22-23-21(24-30-22)19-5-3-4-6-20(19)29-2/h3-14,25H,1-2H3. The molecule has 1 aromatic heterocycles. The van der Waals surface area contributed by atoms with Crippen molar-refractivity contribution >= 4 is 15.7 Å². The summed E-state index contributed by atoms with van der Waals surface area (Å²) in [5.41, 5.74) is 1.77. The number of rotatable bonds is 7.